The van der Waals surface area contributed by atoms with Crippen molar-refractivity contribution < 1.29 is 28.6 Å². The zero-order valence-electron chi connectivity index (χ0n) is 11.1. The average Bonchev–Trinajstić information content (AvgIpc) is 2.50. The standard InChI is InChI=1S/C11H13B2NO6/c1-18-10(16)8(12)9(13)11(17)20-6-7(15)14-2-4-19-5-3-14/h2-6H2,1H3/b9-8+. The fourth-order valence-electron chi connectivity index (χ4n) is 1.44. The minimum atomic E-state index is -1.05. The molecule has 104 valence electrons. The quantitative estimate of drug-likeness (QED) is 0.339. The number of amides is 1. The summed E-state index contributed by atoms with van der Waals surface area (Å²) in [6, 6.07) is 0. The molecule has 0 bridgehead atoms. The lowest BCUT2D eigenvalue weighted by molar-refractivity contribution is -0.150. The Bertz CT molecular complexity index is 431. The molecule has 0 N–H and O–H groups in total. The van der Waals surface area contributed by atoms with Crippen LogP contribution in [0, 0.1) is 0 Å². The summed E-state index contributed by atoms with van der Waals surface area (Å²) in [5.41, 5.74) is -1.15. The van der Waals surface area contributed by atoms with Crippen molar-refractivity contribution in [2.24, 2.45) is 0 Å². The van der Waals surface area contributed by atoms with Crippen LogP contribution in [0.4, 0.5) is 0 Å². The molecule has 1 heterocycles. The first-order chi connectivity index (χ1) is 9.47. The second-order valence-electron chi connectivity index (χ2n) is 3.89. The molecule has 0 atom stereocenters. The summed E-state index contributed by atoms with van der Waals surface area (Å²) in [7, 11) is 11.7. The Hall–Kier alpha value is -1.76. The Morgan fingerprint density at radius 1 is 1.10 bits per heavy atom. The minimum Gasteiger partial charge on any atom is -0.466 e. The zero-order valence-corrected chi connectivity index (χ0v) is 11.1. The monoisotopic (exact) mass is 277 g/mol. The van der Waals surface area contributed by atoms with E-state index in [-0.39, 0.29) is 5.91 Å². The molecular formula is C11H13B2NO6. The summed E-state index contributed by atoms with van der Waals surface area (Å²) in [4.78, 5) is 35.8. The van der Waals surface area contributed by atoms with Gasteiger partial charge in [0.25, 0.3) is 5.91 Å². The molecule has 9 heteroatoms. The molecule has 0 unspecified atom stereocenters. The maximum Gasteiger partial charge on any atom is 0.323 e. The van der Waals surface area contributed by atoms with Gasteiger partial charge in [0.1, 0.15) is 15.7 Å². The molecule has 20 heavy (non-hydrogen) atoms. The maximum atomic E-state index is 11.7. The number of rotatable bonds is 4. The van der Waals surface area contributed by atoms with E-state index >= 15 is 0 Å². The van der Waals surface area contributed by atoms with E-state index in [2.05, 4.69) is 4.74 Å². The van der Waals surface area contributed by atoms with Crippen LogP contribution in [-0.4, -0.2) is 78.5 Å². The van der Waals surface area contributed by atoms with Crippen molar-refractivity contribution in [1.29, 1.82) is 0 Å². The van der Waals surface area contributed by atoms with E-state index < -0.39 is 29.5 Å². The van der Waals surface area contributed by atoms with Crippen LogP contribution in [0.25, 0.3) is 0 Å². The van der Waals surface area contributed by atoms with Crippen LogP contribution in [0.2, 0.25) is 0 Å². The van der Waals surface area contributed by atoms with Gasteiger partial charge in [-0.3, -0.25) is 4.79 Å². The second-order valence-corrected chi connectivity index (χ2v) is 3.89. The minimum absolute atomic E-state index is 0.369. The van der Waals surface area contributed by atoms with Crippen LogP contribution in [0.15, 0.2) is 10.9 Å². The first-order valence-corrected chi connectivity index (χ1v) is 5.83. The number of esters is 2. The van der Waals surface area contributed by atoms with Gasteiger partial charge in [0.05, 0.1) is 20.3 Å². The molecule has 1 fully saturated rings. The lowest BCUT2D eigenvalue weighted by Gasteiger charge is -2.26. The van der Waals surface area contributed by atoms with E-state index in [4.69, 9.17) is 25.2 Å². The summed E-state index contributed by atoms with van der Waals surface area (Å²) in [5, 5.41) is 0. The first kappa shape index (κ1) is 16.3. The number of carbonyl (C=O) groups is 3. The van der Waals surface area contributed by atoms with E-state index in [0.29, 0.717) is 26.3 Å². The topological polar surface area (TPSA) is 82.1 Å². The third kappa shape index (κ3) is 4.41. The van der Waals surface area contributed by atoms with Crippen molar-refractivity contribution in [2.45, 2.75) is 0 Å². The summed E-state index contributed by atoms with van der Waals surface area (Å²) < 4.78 is 14.1. The summed E-state index contributed by atoms with van der Waals surface area (Å²) in [6.07, 6.45) is 0. The van der Waals surface area contributed by atoms with Gasteiger partial charge in [0.2, 0.25) is 0 Å². The van der Waals surface area contributed by atoms with Gasteiger partial charge in [0, 0.05) is 13.1 Å². The Morgan fingerprint density at radius 2 is 1.65 bits per heavy atom. The van der Waals surface area contributed by atoms with Crippen LogP contribution >= 0.6 is 0 Å². The third-order valence-corrected chi connectivity index (χ3v) is 2.61. The van der Waals surface area contributed by atoms with E-state index in [1.165, 1.54) is 4.90 Å². The van der Waals surface area contributed by atoms with Gasteiger partial charge in [-0.25, -0.2) is 9.59 Å². The normalized spacial score (nSPS) is 16.1. The molecule has 0 spiro atoms. The van der Waals surface area contributed by atoms with E-state index in [1.807, 2.05) is 0 Å². The Balaban J connectivity index is 2.50. The van der Waals surface area contributed by atoms with Gasteiger partial charge in [-0.2, -0.15) is 0 Å². The van der Waals surface area contributed by atoms with Gasteiger partial charge in [-0.05, 0) is 10.9 Å². The van der Waals surface area contributed by atoms with Gasteiger partial charge in [-0.1, -0.05) is 0 Å². The number of hydrogen-bond acceptors (Lipinski definition) is 6. The highest BCUT2D eigenvalue weighted by atomic mass is 16.5. The van der Waals surface area contributed by atoms with E-state index in [1.54, 1.807) is 0 Å². The largest absolute Gasteiger partial charge is 0.466 e. The highest BCUT2D eigenvalue weighted by Crippen LogP contribution is 2.03. The fourth-order valence-corrected chi connectivity index (χ4v) is 1.44. The molecule has 4 radical (unpaired) electrons. The number of nitrogens with zero attached hydrogens (tertiary/aromatic N) is 1. The number of hydrogen-bond donors (Lipinski definition) is 0. The smallest absolute Gasteiger partial charge is 0.323 e. The Labute approximate surface area is 119 Å². The Kier molecular flexibility index (Phi) is 6.30. The molecule has 1 amide bonds. The van der Waals surface area contributed by atoms with E-state index in [0.717, 1.165) is 7.11 Å². The van der Waals surface area contributed by atoms with Gasteiger partial charge < -0.3 is 19.1 Å². The summed E-state index contributed by atoms with van der Waals surface area (Å²) in [5.74, 6) is -2.36. The van der Waals surface area contributed by atoms with Crippen LogP contribution in [0.1, 0.15) is 0 Å². The van der Waals surface area contributed by atoms with Gasteiger partial charge in [-0.15, -0.1) is 0 Å². The maximum absolute atomic E-state index is 11.7. The van der Waals surface area contributed by atoms with E-state index in [9.17, 15) is 14.4 Å². The van der Waals surface area contributed by atoms with Crippen molar-refractivity contribution >= 4 is 33.5 Å². The average molecular weight is 277 g/mol. The highest BCUT2D eigenvalue weighted by molar-refractivity contribution is 6.47. The second kappa shape index (κ2) is 7.74. The van der Waals surface area contributed by atoms with Crippen LogP contribution < -0.4 is 0 Å². The van der Waals surface area contributed by atoms with Crippen LogP contribution in [0.3, 0.4) is 0 Å². The van der Waals surface area contributed by atoms with Gasteiger partial charge in [0.15, 0.2) is 6.61 Å². The lowest BCUT2D eigenvalue weighted by Crippen LogP contribution is -2.42. The third-order valence-electron chi connectivity index (χ3n) is 2.61. The lowest BCUT2D eigenvalue weighted by atomic mass is 9.80. The molecule has 0 aromatic heterocycles. The van der Waals surface area contributed by atoms with Crippen molar-refractivity contribution in [1.82, 2.24) is 4.90 Å². The molecule has 7 nitrogen and oxygen atoms in total. The molecule has 0 saturated carbocycles. The zero-order chi connectivity index (χ0) is 15.1. The van der Waals surface area contributed by atoms with Crippen molar-refractivity contribution in [3.05, 3.63) is 10.9 Å². The molecule has 1 aliphatic rings. The van der Waals surface area contributed by atoms with Crippen LogP contribution in [0.5, 0.6) is 0 Å². The SMILES string of the molecule is [B]/C(C(=O)OC)=C(/[B])C(=O)OCC(=O)N1CCOCC1. The summed E-state index contributed by atoms with van der Waals surface area (Å²) in [6.45, 7) is 1.28. The fraction of sp³-hybridized carbons (Fsp3) is 0.545. The molecule has 1 saturated heterocycles. The number of morpholine rings is 1. The summed E-state index contributed by atoms with van der Waals surface area (Å²) >= 11 is 0. The first-order valence-electron chi connectivity index (χ1n) is 5.83. The highest BCUT2D eigenvalue weighted by Gasteiger charge is 2.19. The molecule has 0 aliphatic carbocycles. The number of methoxy groups -OCH3 is 1. The molecular weight excluding hydrogens is 264 g/mol. The number of ether oxygens (including phenoxy) is 3. The van der Waals surface area contributed by atoms with Gasteiger partial charge >= 0.3 is 11.9 Å². The molecule has 0 aromatic rings. The molecule has 0 aromatic carbocycles. The Morgan fingerprint density at radius 3 is 2.20 bits per heavy atom. The number of carbonyl (C=O) groups excluding carboxylic acids is 3. The van der Waals surface area contributed by atoms with Crippen molar-refractivity contribution in [3.8, 4) is 0 Å². The van der Waals surface area contributed by atoms with Crippen molar-refractivity contribution in [2.75, 3.05) is 40.0 Å². The molecule has 1 rings (SSSR count). The van der Waals surface area contributed by atoms with Crippen LogP contribution in [-0.2, 0) is 28.6 Å². The molecule has 1 aliphatic heterocycles. The predicted octanol–water partition coefficient (Wildman–Crippen LogP) is -1.89. The van der Waals surface area contributed by atoms with Crippen molar-refractivity contribution in [3.63, 3.8) is 0 Å². The predicted molar refractivity (Wildman–Crippen MR) is 68.9 cm³/mol.